The summed E-state index contributed by atoms with van der Waals surface area (Å²) in [6.45, 7) is 7.11. The Morgan fingerprint density at radius 3 is 2.31 bits per heavy atom. The van der Waals surface area contributed by atoms with Gasteiger partial charge in [0.1, 0.15) is 0 Å². The molecule has 16 heavy (non-hydrogen) atoms. The van der Waals surface area contributed by atoms with E-state index in [0.717, 1.165) is 25.7 Å². The van der Waals surface area contributed by atoms with Crippen molar-refractivity contribution >= 4 is 5.97 Å². The van der Waals surface area contributed by atoms with Gasteiger partial charge in [0.2, 0.25) is 0 Å². The Kier molecular flexibility index (Phi) is 10.6. The molecule has 0 heterocycles. The van der Waals surface area contributed by atoms with Crippen LogP contribution in [0.4, 0.5) is 0 Å². The monoisotopic (exact) mass is 228 g/mol. The van der Waals surface area contributed by atoms with E-state index in [2.05, 4.69) is 20.8 Å². The summed E-state index contributed by atoms with van der Waals surface area (Å²) in [6, 6.07) is 0. The van der Waals surface area contributed by atoms with Crippen LogP contribution >= 0.6 is 0 Å². The third-order valence-electron chi connectivity index (χ3n) is 3.01. The molecule has 0 unspecified atom stereocenters. The van der Waals surface area contributed by atoms with Crippen molar-refractivity contribution in [1.82, 2.24) is 0 Å². The molecule has 0 aliphatic carbocycles. The van der Waals surface area contributed by atoms with Gasteiger partial charge >= 0.3 is 5.97 Å². The molecule has 0 aromatic rings. The van der Waals surface area contributed by atoms with Crippen LogP contribution in [0.1, 0.15) is 72.1 Å². The van der Waals surface area contributed by atoms with E-state index in [1.165, 1.54) is 19.3 Å². The summed E-state index contributed by atoms with van der Waals surface area (Å²) in [6.07, 6.45) is 8.63. The van der Waals surface area contributed by atoms with Crippen LogP contribution in [0.5, 0.6) is 0 Å². The van der Waals surface area contributed by atoms with Crippen molar-refractivity contribution in [2.45, 2.75) is 72.1 Å². The molecule has 0 bridgehead atoms. The Morgan fingerprint density at radius 1 is 1.06 bits per heavy atom. The summed E-state index contributed by atoms with van der Waals surface area (Å²) in [4.78, 5) is 11.5. The second-order valence-corrected chi connectivity index (χ2v) is 4.55. The second-order valence-electron chi connectivity index (χ2n) is 4.55. The topological polar surface area (TPSA) is 26.3 Å². The van der Waals surface area contributed by atoms with Gasteiger partial charge in [-0.1, -0.05) is 52.9 Å². The van der Waals surface area contributed by atoms with Crippen LogP contribution in [-0.4, -0.2) is 12.6 Å². The molecule has 0 aliphatic heterocycles. The third-order valence-corrected chi connectivity index (χ3v) is 3.01. The quantitative estimate of drug-likeness (QED) is 0.411. The normalized spacial score (nSPS) is 12.4. The van der Waals surface area contributed by atoms with Crippen LogP contribution in [0.2, 0.25) is 0 Å². The van der Waals surface area contributed by atoms with Crippen molar-refractivity contribution in [2.75, 3.05) is 6.61 Å². The zero-order valence-electron chi connectivity index (χ0n) is 11.3. The Hall–Kier alpha value is -0.530. The highest BCUT2D eigenvalue weighted by molar-refractivity contribution is 5.69. The van der Waals surface area contributed by atoms with Crippen molar-refractivity contribution < 1.29 is 9.53 Å². The summed E-state index contributed by atoms with van der Waals surface area (Å²) in [7, 11) is 0. The summed E-state index contributed by atoms with van der Waals surface area (Å²) in [5.41, 5.74) is 0. The molecule has 2 heteroatoms. The lowest BCUT2D eigenvalue weighted by Gasteiger charge is -2.13. The molecule has 0 aromatic heterocycles. The van der Waals surface area contributed by atoms with Gasteiger partial charge in [-0.3, -0.25) is 4.79 Å². The summed E-state index contributed by atoms with van der Waals surface area (Å²) in [5.74, 6) is 0.526. The summed E-state index contributed by atoms with van der Waals surface area (Å²) in [5, 5.41) is 0. The number of hydrogen-bond donors (Lipinski definition) is 0. The van der Waals surface area contributed by atoms with Crippen LogP contribution in [0.25, 0.3) is 0 Å². The molecule has 0 rings (SSSR count). The molecule has 96 valence electrons. The van der Waals surface area contributed by atoms with Gasteiger partial charge in [-0.25, -0.2) is 0 Å². The van der Waals surface area contributed by atoms with Gasteiger partial charge in [-0.2, -0.15) is 0 Å². The molecule has 0 fully saturated rings. The Bertz CT molecular complexity index is 166. The Labute approximate surface area is 101 Å². The number of carbonyl (C=O) groups excluding carboxylic acids is 1. The number of unbranched alkanes of at least 4 members (excludes halogenated alkanes) is 3. The zero-order chi connectivity index (χ0) is 12.2. The Balaban J connectivity index is 3.57. The predicted octanol–water partition coefficient (Wildman–Crippen LogP) is 4.33. The number of rotatable bonds is 10. The van der Waals surface area contributed by atoms with Crippen LogP contribution in [0, 0.1) is 5.92 Å². The Morgan fingerprint density at radius 2 is 1.75 bits per heavy atom. The largest absolute Gasteiger partial charge is 0.466 e. The van der Waals surface area contributed by atoms with Crippen LogP contribution in [0.15, 0.2) is 0 Å². The lowest BCUT2D eigenvalue weighted by molar-refractivity contribution is -0.145. The minimum atomic E-state index is -0.000874. The minimum Gasteiger partial charge on any atom is -0.466 e. The molecule has 0 aromatic carbocycles. The average molecular weight is 228 g/mol. The smallest absolute Gasteiger partial charge is 0.306 e. The molecular weight excluding hydrogens is 200 g/mol. The lowest BCUT2D eigenvalue weighted by Crippen LogP contribution is -2.12. The minimum absolute atomic E-state index is 0.000874. The molecule has 0 radical (unpaired) electrons. The molecule has 2 nitrogen and oxygen atoms in total. The highest BCUT2D eigenvalue weighted by Gasteiger charge is 2.12. The zero-order valence-corrected chi connectivity index (χ0v) is 11.3. The van der Waals surface area contributed by atoms with Gasteiger partial charge in [0, 0.05) is 6.42 Å². The maximum Gasteiger partial charge on any atom is 0.306 e. The van der Waals surface area contributed by atoms with Crippen LogP contribution in [0.3, 0.4) is 0 Å². The fourth-order valence-corrected chi connectivity index (χ4v) is 1.78. The summed E-state index contributed by atoms with van der Waals surface area (Å²) < 4.78 is 5.22. The van der Waals surface area contributed by atoms with E-state index < -0.39 is 0 Å². The number of esters is 1. The molecule has 0 N–H and O–H groups in total. The number of ether oxygens (including phenoxy) is 1. The van der Waals surface area contributed by atoms with Gasteiger partial charge < -0.3 is 4.74 Å². The van der Waals surface area contributed by atoms with Crippen molar-refractivity contribution in [3.05, 3.63) is 0 Å². The van der Waals surface area contributed by atoms with E-state index in [1.807, 2.05) is 0 Å². The van der Waals surface area contributed by atoms with Gasteiger partial charge in [0.25, 0.3) is 0 Å². The van der Waals surface area contributed by atoms with Crippen molar-refractivity contribution in [2.24, 2.45) is 5.92 Å². The van der Waals surface area contributed by atoms with Gasteiger partial charge in [-0.15, -0.1) is 0 Å². The van der Waals surface area contributed by atoms with Gasteiger partial charge in [0.05, 0.1) is 6.61 Å². The maximum absolute atomic E-state index is 11.5. The lowest BCUT2D eigenvalue weighted by atomic mass is 9.96. The molecule has 0 spiro atoms. The van der Waals surface area contributed by atoms with E-state index in [1.54, 1.807) is 0 Å². The highest BCUT2D eigenvalue weighted by Crippen LogP contribution is 2.17. The average Bonchev–Trinajstić information content (AvgIpc) is 2.30. The molecule has 0 saturated carbocycles. The predicted molar refractivity (Wildman–Crippen MR) is 68.4 cm³/mol. The SMILES string of the molecule is CCCCCOC(=O)C[C@H](CC)CCCC. The first-order chi connectivity index (χ1) is 7.74. The van der Waals surface area contributed by atoms with Crippen molar-refractivity contribution in [3.8, 4) is 0 Å². The van der Waals surface area contributed by atoms with E-state index in [4.69, 9.17) is 4.74 Å². The number of carbonyl (C=O) groups is 1. The third kappa shape index (κ3) is 8.75. The van der Waals surface area contributed by atoms with E-state index >= 15 is 0 Å². The fourth-order valence-electron chi connectivity index (χ4n) is 1.78. The molecule has 0 saturated heterocycles. The van der Waals surface area contributed by atoms with Crippen LogP contribution in [-0.2, 0) is 9.53 Å². The molecule has 0 aliphatic rings. The van der Waals surface area contributed by atoms with Gasteiger partial charge in [0.15, 0.2) is 0 Å². The first kappa shape index (κ1) is 15.5. The second kappa shape index (κ2) is 11.0. The standard InChI is InChI=1S/C14H28O2/c1-4-7-9-11-16-14(15)12-13(6-3)10-8-5-2/h13H,4-12H2,1-3H3/t13-/m1/s1. The molecular formula is C14H28O2. The summed E-state index contributed by atoms with van der Waals surface area (Å²) >= 11 is 0. The van der Waals surface area contributed by atoms with E-state index in [-0.39, 0.29) is 5.97 Å². The van der Waals surface area contributed by atoms with E-state index in [0.29, 0.717) is 18.9 Å². The molecule has 1 atom stereocenters. The van der Waals surface area contributed by atoms with Crippen LogP contribution < -0.4 is 0 Å². The van der Waals surface area contributed by atoms with Crippen molar-refractivity contribution in [1.29, 1.82) is 0 Å². The van der Waals surface area contributed by atoms with E-state index in [9.17, 15) is 4.79 Å². The van der Waals surface area contributed by atoms with Crippen molar-refractivity contribution in [3.63, 3.8) is 0 Å². The maximum atomic E-state index is 11.5. The first-order valence-electron chi connectivity index (χ1n) is 6.90. The van der Waals surface area contributed by atoms with Gasteiger partial charge in [-0.05, 0) is 18.8 Å². The molecule has 0 amide bonds. The first-order valence-corrected chi connectivity index (χ1v) is 6.90. The fraction of sp³-hybridized carbons (Fsp3) is 0.929. The number of hydrogen-bond acceptors (Lipinski definition) is 2. The highest BCUT2D eigenvalue weighted by atomic mass is 16.5.